The molecule has 0 unspecified atom stereocenters. The first-order valence-corrected chi connectivity index (χ1v) is 7.52. The molecule has 0 aromatic heterocycles. The summed E-state index contributed by atoms with van der Waals surface area (Å²) in [5.74, 6) is 2.04. The zero-order valence-corrected chi connectivity index (χ0v) is 13.5. The summed E-state index contributed by atoms with van der Waals surface area (Å²) < 4.78 is 6.83. The summed E-state index contributed by atoms with van der Waals surface area (Å²) in [7, 11) is 0. The molecule has 0 saturated carbocycles. The van der Waals surface area contributed by atoms with Crippen molar-refractivity contribution in [3.63, 3.8) is 0 Å². The van der Waals surface area contributed by atoms with Crippen LogP contribution in [0, 0.1) is 0 Å². The third kappa shape index (κ3) is 3.41. The fraction of sp³-hybridized carbons (Fsp3) is 0.294. The minimum atomic E-state index is -0.499. The Morgan fingerprint density at radius 3 is 2.30 bits per heavy atom. The predicted octanol–water partition coefficient (Wildman–Crippen LogP) is 5.42. The van der Waals surface area contributed by atoms with Crippen molar-refractivity contribution >= 4 is 15.9 Å². The van der Waals surface area contributed by atoms with Crippen LogP contribution in [0.3, 0.4) is 0 Å². The number of ether oxygens (including phenoxy) is 1. The number of halogens is 1. The van der Waals surface area contributed by atoms with E-state index in [0.717, 1.165) is 21.5 Å². The molecule has 2 aromatic carbocycles. The Balaban J connectivity index is 2.29. The van der Waals surface area contributed by atoms with Gasteiger partial charge in [-0.2, -0.15) is 0 Å². The highest BCUT2D eigenvalue weighted by Gasteiger charge is 2.10. The quantitative estimate of drug-likeness (QED) is 0.809. The van der Waals surface area contributed by atoms with Crippen molar-refractivity contribution in [1.29, 1.82) is 0 Å². The van der Waals surface area contributed by atoms with E-state index in [1.54, 1.807) is 6.92 Å². The first kappa shape index (κ1) is 15.1. The molecule has 1 atom stereocenters. The molecule has 0 aliphatic heterocycles. The second kappa shape index (κ2) is 6.42. The maximum atomic E-state index is 9.63. The number of aliphatic hydroxyl groups is 1. The number of hydrogen-bond donors (Lipinski definition) is 1. The predicted molar refractivity (Wildman–Crippen MR) is 85.4 cm³/mol. The Hall–Kier alpha value is -1.32. The summed E-state index contributed by atoms with van der Waals surface area (Å²) in [4.78, 5) is 0. The zero-order valence-electron chi connectivity index (χ0n) is 11.9. The summed E-state index contributed by atoms with van der Waals surface area (Å²) in [6.07, 6.45) is -0.499. The molecule has 2 rings (SSSR count). The van der Waals surface area contributed by atoms with Gasteiger partial charge in [0, 0.05) is 4.47 Å². The van der Waals surface area contributed by atoms with Crippen molar-refractivity contribution in [2.75, 3.05) is 0 Å². The van der Waals surface area contributed by atoms with Crippen molar-refractivity contribution < 1.29 is 9.84 Å². The number of aliphatic hydroxyl groups excluding tert-OH is 1. The molecular weight excluding hydrogens is 316 g/mol. The second-order valence-electron chi connectivity index (χ2n) is 5.15. The standard InChI is InChI=1S/C17H19BrO2/c1-11(2)14-6-4-5-7-17(14)20-13-8-9-15(12(3)19)16(18)10-13/h4-12,19H,1-3H3/t12-/m1/s1. The van der Waals surface area contributed by atoms with E-state index in [1.165, 1.54) is 5.56 Å². The van der Waals surface area contributed by atoms with Gasteiger partial charge in [-0.05, 0) is 42.2 Å². The molecule has 2 nitrogen and oxygen atoms in total. The van der Waals surface area contributed by atoms with Gasteiger partial charge in [0.15, 0.2) is 0 Å². The van der Waals surface area contributed by atoms with Gasteiger partial charge in [-0.15, -0.1) is 0 Å². The third-order valence-corrected chi connectivity index (χ3v) is 3.88. The van der Waals surface area contributed by atoms with E-state index in [2.05, 4.69) is 35.8 Å². The average molecular weight is 335 g/mol. The third-order valence-electron chi connectivity index (χ3n) is 3.19. The van der Waals surface area contributed by atoms with Crippen LogP contribution in [0.5, 0.6) is 11.5 Å². The van der Waals surface area contributed by atoms with Crippen LogP contribution in [0.25, 0.3) is 0 Å². The highest BCUT2D eigenvalue weighted by molar-refractivity contribution is 9.10. The van der Waals surface area contributed by atoms with E-state index in [1.807, 2.05) is 36.4 Å². The van der Waals surface area contributed by atoms with Gasteiger partial charge >= 0.3 is 0 Å². The fourth-order valence-corrected chi connectivity index (χ4v) is 2.78. The molecule has 0 amide bonds. The van der Waals surface area contributed by atoms with Crippen molar-refractivity contribution in [2.24, 2.45) is 0 Å². The first-order chi connectivity index (χ1) is 9.49. The van der Waals surface area contributed by atoms with Crippen molar-refractivity contribution in [3.05, 3.63) is 58.1 Å². The van der Waals surface area contributed by atoms with Crippen molar-refractivity contribution in [2.45, 2.75) is 32.8 Å². The minimum Gasteiger partial charge on any atom is -0.457 e. The van der Waals surface area contributed by atoms with E-state index in [4.69, 9.17) is 4.74 Å². The van der Waals surface area contributed by atoms with E-state index >= 15 is 0 Å². The van der Waals surface area contributed by atoms with Gasteiger partial charge in [0.05, 0.1) is 6.10 Å². The number of para-hydroxylation sites is 1. The number of benzene rings is 2. The van der Waals surface area contributed by atoms with Crippen LogP contribution in [0.2, 0.25) is 0 Å². The van der Waals surface area contributed by atoms with Gasteiger partial charge in [-0.3, -0.25) is 0 Å². The van der Waals surface area contributed by atoms with E-state index < -0.39 is 6.10 Å². The largest absolute Gasteiger partial charge is 0.457 e. The molecule has 0 fully saturated rings. The Morgan fingerprint density at radius 1 is 1.00 bits per heavy atom. The van der Waals surface area contributed by atoms with Crippen molar-refractivity contribution in [1.82, 2.24) is 0 Å². The Labute approximate surface area is 128 Å². The van der Waals surface area contributed by atoms with Gasteiger partial charge in [0.25, 0.3) is 0 Å². The molecule has 0 bridgehead atoms. The second-order valence-corrected chi connectivity index (χ2v) is 6.01. The summed E-state index contributed by atoms with van der Waals surface area (Å²) in [5.41, 5.74) is 2.04. The van der Waals surface area contributed by atoms with Gasteiger partial charge in [0.2, 0.25) is 0 Å². The van der Waals surface area contributed by atoms with Crippen LogP contribution in [0.1, 0.15) is 43.9 Å². The summed E-state index contributed by atoms with van der Waals surface area (Å²) in [5, 5.41) is 9.63. The van der Waals surface area contributed by atoms with Gasteiger partial charge in [0.1, 0.15) is 11.5 Å². The molecule has 0 aliphatic rings. The molecule has 0 heterocycles. The van der Waals surface area contributed by atoms with Crippen molar-refractivity contribution in [3.8, 4) is 11.5 Å². The highest BCUT2D eigenvalue weighted by atomic mass is 79.9. The SMILES string of the molecule is CC(C)c1ccccc1Oc1ccc([C@@H](C)O)c(Br)c1. The van der Waals surface area contributed by atoms with Crippen LogP contribution in [-0.4, -0.2) is 5.11 Å². The van der Waals surface area contributed by atoms with Gasteiger partial charge in [-0.25, -0.2) is 0 Å². The Kier molecular flexibility index (Phi) is 4.84. The van der Waals surface area contributed by atoms with Crippen LogP contribution in [0.4, 0.5) is 0 Å². The van der Waals surface area contributed by atoms with Crippen LogP contribution in [-0.2, 0) is 0 Å². The van der Waals surface area contributed by atoms with Gasteiger partial charge in [-0.1, -0.05) is 54.0 Å². The molecule has 3 heteroatoms. The normalized spacial score (nSPS) is 12.5. The molecule has 0 spiro atoms. The van der Waals surface area contributed by atoms with E-state index in [9.17, 15) is 5.11 Å². The van der Waals surface area contributed by atoms with Crippen LogP contribution >= 0.6 is 15.9 Å². The lowest BCUT2D eigenvalue weighted by molar-refractivity contribution is 0.198. The molecule has 0 saturated heterocycles. The molecule has 106 valence electrons. The maximum absolute atomic E-state index is 9.63. The number of hydrogen-bond acceptors (Lipinski definition) is 2. The lowest BCUT2D eigenvalue weighted by Crippen LogP contribution is -1.95. The smallest absolute Gasteiger partial charge is 0.130 e. The topological polar surface area (TPSA) is 29.5 Å². The van der Waals surface area contributed by atoms with Crippen LogP contribution in [0.15, 0.2) is 46.9 Å². The molecule has 20 heavy (non-hydrogen) atoms. The maximum Gasteiger partial charge on any atom is 0.130 e. The zero-order chi connectivity index (χ0) is 14.7. The van der Waals surface area contributed by atoms with E-state index in [0.29, 0.717) is 5.92 Å². The van der Waals surface area contributed by atoms with Crippen LogP contribution < -0.4 is 4.74 Å². The summed E-state index contributed by atoms with van der Waals surface area (Å²) in [6.45, 7) is 6.04. The fourth-order valence-electron chi connectivity index (χ4n) is 2.09. The monoisotopic (exact) mass is 334 g/mol. The summed E-state index contributed by atoms with van der Waals surface area (Å²) >= 11 is 3.47. The molecule has 0 aliphatic carbocycles. The molecule has 2 aromatic rings. The van der Waals surface area contributed by atoms with E-state index in [-0.39, 0.29) is 0 Å². The minimum absolute atomic E-state index is 0.409. The van der Waals surface area contributed by atoms with Gasteiger partial charge < -0.3 is 9.84 Å². The Morgan fingerprint density at radius 2 is 1.70 bits per heavy atom. The lowest BCUT2D eigenvalue weighted by Gasteiger charge is -2.15. The first-order valence-electron chi connectivity index (χ1n) is 6.73. The molecule has 1 N–H and O–H groups in total. The summed E-state index contributed by atoms with van der Waals surface area (Å²) in [6, 6.07) is 13.7. The molecular formula is C17H19BrO2. The number of rotatable bonds is 4. The highest BCUT2D eigenvalue weighted by Crippen LogP contribution is 2.33. The molecule has 0 radical (unpaired) electrons. The Bertz CT molecular complexity index is 591. The average Bonchev–Trinajstić information content (AvgIpc) is 2.38. The lowest BCUT2D eigenvalue weighted by atomic mass is 10.0.